The zero-order valence-corrected chi connectivity index (χ0v) is 19.5. The summed E-state index contributed by atoms with van der Waals surface area (Å²) >= 11 is 1.21. The first-order valence-electron chi connectivity index (χ1n) is 10.5. The van der Waals surface area contributed by atoms with Gasteiger partial charge >= 0.3 is 0 Å². The first-order valence-corrected chi connectivity index (χ1v) is 12.8. The van der Waals surface area contributed by atoms with E-state index in [0.717, 1.165) is 0 Å². The van der Waals surface area contributed by atoms with Gasteiger partial charge in [-0.15, -0.1) is 11.3 Å². The van der Waals surface area contributed by atoms with Crippen LogP contribution in [-0.4, -0.2) is 59.9 Å². The first kappa shape index (κ1) is 22.6. The molecule has 2 N–H and O–H groups in total. The van der Waals surface area contributed by atoms with E-state index in [1.54, 1.807) is 23.7 Å². The summed E-state index contributed by atoms with van der Waals surface area (Å²) < 4.78 is 46.6. The van der Waals surface area contributed by atoms with Crippen molar-refractivity contribution in [3.63, 3.8) is 0 Å². The number of sulfonamides is 1. The van der Waals surface area contributed by atoms with Crippen molar-refractivity contribution in [1.29, 1.82) is 0 Å². The van der Waals surface area contributed by atoms with Crippen LogP contribution in [0.2, 0.25) is 0 Å². The normalized spacial score (nSPS) is 15.0. The van der Waals surface area contributed by atoms with Crippen LogP contribution in [0, 0.1) is 5.82 Å². The van der Waals surface area contributed by atoms with E-state index < -0.39 is 15.8 Å². The molecule has 0 unspecified atom stereocenters. The number of benzene rings is 1. The third-order valence-corrected chi connectivity index (χ3v) is 8.07. The maximum absolute atomic E-state index is 14.3. The highest BCUT2D eigenvalue weighted by atomic mass is 32.2. The van der Waals surface area contributed by atoms with Gasteiger partial charge in [-0.3, -0.25) is 4.79 Å². The second kappa shape index (κ2) is 9.22. The second-order valence-electron chi connectivity index (χ2n) is 7.65. The zero-order valence-electron chi connectivity index (χ0n) is 17.8. The third-order valence-electron chi connectivity index (χ3n) is 5.42. The molecule has 9 nitrogen and oxygen atoms in total. The number of hydrogen-bond acceptors (Lipinski definition) is 7. The van der Waals surface area contributed by atoms with Crippen molar-refractivity contribution in [3.05, 3.63) is 59.5 Å². The summed E-state index contributed by atoms with van der Waals surface area (Å²) in [5, 5.41) is 5.15. The number of carbonyl (C=O) groups is 1. The average molecular weight is 502 g/mol. The van der Waals surface area contributed by atoms with Gasteiger partial charge in [-0.05, 0) is 23.8 Å². The minimum Gasteiger partial charge on any atom is -0.379 e. The summed E-state index contributed by atoms with van der Waals surface area (Å²) in [5.41, 5.74) is 2.05. The van der Waals surface area contributed by atoms with Gasteiger partial charge in [0.2, 0.25) is 15.9 Å². The van der Waals surface area contributed by atoms with Crippen LogP contribution in [0.3, 0.4) is 0 Å². The highest BCUT2D eigenvalue weighted by Gasteiger charge is 2.26. The topological polar surface area (TPSA) is 117 Å². The van der Waals surface area contributed by atoms with E-state index in [4.69, 9.17) is 4.74 Å². The molecule has 0 saturated carbocycles. The van der Waals surface area contributed by atoms with Crippen LogP contribution in [-0.2, 0) is 26.0 Å². The maximum Gasteiger partial charge on any atom is 0.243 e. The number of nitrogens with zero attached hydrogens (tertiary/aromatic N) is 3. The Morgan fingerprint density at radius 2 is 2.09 bits per heavy atom. The number of nitrogens with one attached hydrogen (secondary N) is 2. The van der Waals surface area contributed by atoms with E-state index in [9.17, 15) is 17.6 Å². The molecule has 4 heterocycles. The molecule has 0 spiro atoms. The SMILES string of the molecule is O=C(Cc1cccc(S(=O)(=O)N2CCOCC2)c1)Nc1nc(-c2c[nH]c3nccc(F)c23)cs1. The molecule has 0 bridgehead atoms. The number of carbonyl (C=O) groups excluding carboxylic acids is 1. The molecule has 3 aromatic heterocycles. The smallest absolute Gasteiger partial charge is 0.243 e. The van der Waals surface area contributed by atoms with Crippen molar-refractivity contribution in [2.45, 2.75) is 11.3 Å². The number of morpholine rings is 1. The molecule has 1 aromatic carbocycles. The highest BCUT2D eigenvalue weighted by Crippen LogP contribution is 2.31. The number of fused-ring (bicyclic) bond motifs is 1. The van der Waals surface area contributed by atoms with E-state index in [1.807, 2.05) is 0 Å². The van der Waals surface area contributed by atoms with Gasteiger partial charge in [-0.1, -0.05) is 12.1 Å². The summed E-state index contributed by atoms with van der Waals surface area (Å²) in [7, 11) is -3.65. The number of aromatic amines is 1. The van der Waals surface area contributed by atoms with Crippen LogP contribution in [0.25, 0.3) is 22.3 Å². The van der Waals surface area contributed by atoms with Crippen molar-refractivity contribution in [3.8, 4) is 11.3 Å². The van der Waals surface area contributed by atoms with Gasteiger partial charge in [-0.25, -0.2) is 22.8 Å². The maximum atomic E-state index is 14.3. The van der Waals surface area contributed by atoms with Gasteiger partial charge in [0.05, 0.1) is 35.6 Å². The molecule has 1 fully saturated rings. The van der Waals surface area contributed by atoms with Crippen LogP contribution < -0.4 is 5.32 Å². The number of halogens is 1. The number of rotatable bonds is 6. The fourth-order valence-electron chi connectivity index (χ4n) is 3.77. The number of pyridine rings is 1. The number of thiazole rings is 1. The molecule has 1 aliphatic rings. The molecular weight excluding hydrogens is 481 g/mol. The van der Waals surface area contributed by atoms with Crippen LogP contribution in [0.5, 0.6) is 0 Å². The monoisotopic (exact) mass is 501 g/mol. The predicted octanol–water partition coefficient (Wildman–Crippen LogP) is 3.03. The van der Waals surface area contributed by atoms with Gasteiger partial charge in [0, 0.05) is 36.4 Å². The standard InChI is InChI=1S/C22H20FN5O4S2/c23-17-4-5-24-21-20(17)16(12-25-21)18-13-33-22(26-18)27-19(29)11-14-2-1-3-15(10-14)34(30,31)28-6-8-32-9-7-28/h1-5,10,12-13H,6-9,11H2,(H,24,25)(H,26,27,29). The van der Waals surface area contributed by atoms with Gasteiger partial charge in [0.15, 0.2) is 5.13 Å². The number of amides is 1. The lowest BCUT2D eigenvalue weighted by atomic mass is 10.1. The van der Waals surface area contributed by atoms with Crippen molar-refractivity contribution in [1.82, 2.24) is 19.3 Å². The lowest BCUT2D eigenvalue weighted by Crippen LogP contribution is -2.40. The second-order valence-corrected chi connectivity index (χ2v) is 10.4. The number of hydrogen-bond donors (Lipinski definition) is 2. The molecule has 0 atom stereocenters. The van der Waals surface area contributed by atoms with E-state index in [2.05, 4.69) is 20.3 Å². The van der Waals surface area contributed by atoms with E-state index in [1.165, 1.54) is 40.0 Å². The Balaban J connectivity index is 1.29. The van der Waals surface area contributed by atoms with Gasteiger partial charge in [0.25, 0.3) is 0 Å². The Labute approximate surface area is 198 Å². The molecule has 4 aromatic rings. The first-order chi connectivity index (χ1) is 16.4. The Bertz CT molecular complexity index is 1460. The summed E-state index contributed by atoms with van der Waals surface area (Å²) in [5.74, 6) is -0.750. The minimum atomic E-state index is -3.65. The summed E-state index contributed by atoms with van der Waals surface area (Å²) in [6, 6.07) is 7.64. The highest BCUT2D eigenvalue weighted by molar-refractivity contribution is 7.89. The molecule has 34 heavy (non-hydrogen) atoms. The Morgan fingerprint density at radius 1 is 1.26 bits per heavy atom. The quantitative estimate of drug-likeness (QED) is 0.419. The van der Waals surface area contributed by atoms with Crippen LogP contribution in [0.1, 0.15) is 5.56 Å². The molecule has 1 aliphatic heterocycles. The van der Waals surface area contributed by atoms with Crippen LogP contribution >= 0.6 is 11.3 Å². The molecule has 1 saturated heterocycles. The predicted molar refractivity (Wildman–Crippen MR) is 126 cm³/mol. The number of H-pyrrole nitrogens is 1. The van der Waals surface area contributed by atoms with Crippen molar-refractivity contribution in [2.75, 3.05) is 31.6 Å². The van der Waals surface area contributed by atoms with Crippen molar-refractivity contribution >= 4 is 43.4 Å². The number of ether oxygens (including phenoxy) is 1. The Kier molecular flexibility index (Phi) is 6.13. The Hall–Kier alpha value is -3.19. The van der Waals surface area contributed by atoms with Crippen molar-refractivity contribution < 1.29 is 22.3 Å². The van der Waals surface area contributed by atoms with E-state index in [-0.39, 0.29) is 17.2 Å². The third kappa shape index (κ3) is 4.44. The average Bonchev–Trinajstić information content (AvgIpc) is 3.47. The van der Waals surface area contributed by atoms with E-state index >= 15 is 0 Å². The van der Waals surface area contributed by atoms with Gasteiger partial charge in [0.1, 0.15) is 11.5 Å². The molecule has 12 heteroatoms. The Morgan fingerprint density at radius 3 is 2.91 bits per heavy atom. The van der Waals surface area contributed by atoms with Gasteiger partial charge < -0.3 is 15.0 Å². The lowest BCUT2D eigenvalue weighted by Gasteiger charge is -2.26. The molecule has 1 amide bonds. The largest absolute Gasteiger partial charge is 0.379 e. The van der Waals surface area contributed by atoms with Gasteiger partial charge in [-0.2, -0.15) is 4.31 Å². The molecule has 5 rings (SSSR count). The van der Waals surface area contributed by atoms with Crippen LogP contribution in [0.15, 0.2) is 53.0 Å². The molecular formula is C22H20FN5O4S2. The molecule has 0 aliphatic carbocycles. The van der Waals surface area contributed by atoms with Crippen molar-refractivity contribution in [2.24, 2.45) is 0 Å². The molecule has 176 valence electrons. The van der Waals surface area contributed by atoms with E-state index in [0.29, 0.717) is 59.3 Å². The minimum absolute atomic E-state index is 0.0208. The fraction of sp³-hybridized carbons (Fsp3) is 0.227. The molecule has 0 radical (unpaired) electrons. The lowest BCUT2D eigenvalue weighted by molar-refractivity contribution is -0.115. The number of anilines is 1. The zero-order chi connectivity index (χ0) is 23.7. The summed E-state index contributed by atoms with van der Waals surface area (Å²) in [4.78, 5) is 24.2. The number of aromatic nitrogens is 3. The summed E-state index contributed by atoms with van der Waals surface area (Å²) in [6.07, 6.45) is 2.99. The summed E-state index contributed by atoms with van der Waals surface area (Å²) in [6.45, 7) is 1.32. The van der Waals surface area contributed by atoms with Crippen LogP contribution in [0.4, 0.5) is 9.52 Å². The fourth-order valence-corrected chi connectivity index (χ4v) is 5.98.